The van der Waals surface area contributed by atoms with Crippen molar-refractivity contribution in [2.45, 2.75) is 44.3 Å². The number of rotatable bonds is 6. The lowest BCUT2D eigenvalue weighted by atomic mass is 10.0. The van der Waals surface area contributed by atoms with Crippen LogP contribution in [0.3, 0.4) is 0 Å². The molecule has 1 N–H and O–H groups in total. The fourth-order valence-corrected chi connectivity index (χ4v) is 4.90. The smallest absolute Gasteiger partial charge is 0.318 e. The fraction of sp³-hybridized carbons (Fsp3) is 0.480. The molecule has 0 spiro atoms. The van der Waals surface area contributed by atoms with Gasteiger partial charge in [0.15, 0.2) is 0 Å². The van der Waals surface area contributed by atoms with Crippen molar-refractivity contribution in [3.05, 3.63) is 58.6 Å². The molecule has 2 heterocycles. The number of hydrogen-bond donors (Lipinski definition) is 1. The molecule has 2 aliphatic heterocycles. The Morgan fingerprint density at radius 3 is 2.47 bits per heavy atom. The molecule has 0 saturated carbocycles. The van der Waals surface area contributed by atoms with Gasteiger partial charge in [-0.15, -0.1) is 0 Å². The third kappa shape index (κ3) is 5.30. The van der Waals surface area contributed by atoms with Gasteiger partial charge < -0.3 is 19.7 Å². The maximum absolute atomic E-state index is 13.2. The van der Waals surface area contributed by atoms with Crippen molar-refractivity contribution < 1.29 is 14.3 Å². The number of nitrogens with one attached hydrogen (secondary N) is 1. The fourth-order valence-electron chi connectivity index (χ4n) is 4.77. The summed E-state index contributed by atoms with van der Waals surface area (Å²) in [6.07, 6.45) is 3.83. The molecular formula is C25H32ClN3O3. The molecule has 0 aromatic heterocycles. The summed E-state index contributed by atoms with van der Waals surface area (Å²) in [4.78, 5) is 17.6. The highest BCUT2D eigenvalue weighted by atomic mass is 35.5. The van der Waals surface area contributed by atoms with Gasteiger partial charge in [0.2, 0.25) is 0 Å². The summed E-state index contributed by atoms with van der Waals surface area (Å²) in [5.41, 5.74) is 2.28. The van der Waals surface area contributed by atoms with E-state index in [1.165, 1.54) is 5.56 Å². The monoisotopic (exact) mass is 457 g/mol. The first-order valence-electron chi connectivity index (χ1n) is 11.3. The van der Waals surface area contributed by atoms with E-state index >= 15 is 0 Å². The molecule has 0 bridgehead atoms. The maximum Gasteiger partial charge on any atom is 0.318 e. The normalized spacial score (nSPS) is 19.7. The van der Waals surface area contributed by atoms with Gasteiger partial charge in [-0.2, -0.15) is 0 Å². The molecule has 172 valence electrons. The second kappa shape index (κ2) is 10.5. The van der Waals surface area contributed by atoms with Gasteiger partial charge in [-0.25, -0.2) is 4.79 Å². The number of ether oxygens (including phenoxy) is 2. The molecule has 2 saturated heterocycles. The van der Waals surface area contributed by atoms with Crippen molar-refractivity contribution in [1.29, 1.82) is 0 Å². The molecule has 1 atom stereocenters. The van der Waals surface area contributed by atoms with Crippen LogP contribution in [0.5, 0.6) is 11.5 Å². The lowest BCUT2D eigenvalue weighted by Crippen LogP contribution is -2.48. The summed E-state index contributed by atoms with van der Waals surface area (Å²) in [6.45, 7) is 3.62. The van der Waals surface area contributed by atoms with Gasteiger partial charge in [0, 0.05) is 42.8 Å². The lowest BCUT2D eigenvalue weighted by molar-refractivity contribution is 0.165. The van der Waals surface area contributed by atoms with Gasteiger partial charge in [-0.1, -0.05) is 23.7 Å². The van der Waals surface area contributed by atoms with Crippen LogP contribution in [-0.2, 0) is 6.54 Å². The van der Waals surface area contributed by atoms with Crippen LogP contribution < -0.4 is 14.8 Å². The Hall–Kier alpha value is -2.44. The summed E-state index contributed by atoms with van der Waals surface area (Å²) in [5.74, 6) is 1.58. The highest BCUT2D eigenvalue weighted by Gasteiger charge is 2.33. The predicted octanol–water partition coefficient (Wildman–Crippen LogP) is 4.87. The zero-order valence-corrected chi connectivity index (χ0v) is 19.6. The number of carbonyl (C=O) groups is 1. The van der Waals surface area contributed by atoms with E-state index in [2.05, 4.69) is 22.3 Å². The van der Waals surface area contributed by atoms with E-state index in [1.807, 2.05) is 35.2 Å². The van der Waals surface area contributed by atoms with Crippen molar-refractivity contribution >= 4 is 17.6 Å². The number of benzene rings is 2. The molecule has 6 nitrogen and oxygen atoms in total. The van der Waals surface area contributed by atoms with Crippen LogP contribution in [0.4, 0.5) is 4.79 Å². The first-order chi connectivity index (χ1) is 15.6. The van der Waals surface area contributed by atoms with Crippen molar-refractivity contribution in [2.24, 2.45) is 0 Å². The van der Waals surface area contributed by atoms with Crippen molar-refractivity contribution in [2.75, 3.05) is 33.9 Å². The summed E-state index contributed by atoms with van der Waals surface area (Å²) in [7, 11) is 3.33. The molecule has 2 aromatic rings. The molecule has 4 rings (SSSR count). The number of nitrogens with zero attached hydrogens (tertiary/aromatic N) is 2. The maximum atomic E-state index is 13.2. The number of carbonyl (C=O) groups excluding carboxylic acids is 1. The van der Waals surface area contributed by atoms with E-state index in [9.17, 15) is 4.79 Å². The van der Waals surface area contributed by atoms with Crippen LogP contribution in [0.1, 0.15) is 42.9 Å². The number of likely N-dealkylation sites (tertiary alicyclic amines) is 2. The van der Waals surface area contributed by atoms with E-state index in [0.29, 0.717) is 0 Å². The largest absolute Gasteiger partial charge is 0.497 e. The molecule has 2 aliphatic rings. The third-order valence-electron chi connectivity index (χ3n) is 6.54. The molecule has 2 amide bonds. The van der Waals surface area contributed by atoms with E-state index in [4.69, 9.17) is 21.1 Å². The summed E-state index contributed by atoms with van der Waals surface area (Å²) in [6, 6.07) is 14.1. The second-order valence-electron chi connectivity index (χ2n) is 8.59. The average Bonchev–Trinajstić information content (AvgIpc) is 3.31. The van der Waals surface area contributed by atoms with Crippen LogP contribution in [0.25, 0.3) is 0 Å². The molecular weight excluding hydrogens is 426 g/mol. The number of halogens is 1. The molecule has 1 unspecified atom stereocenters. The lowest BCUT2D eigenvalue weighted by Gasteiger charge is -2.34. The summed E-state index contributed by atoms with van der Waals surface area (Å²) < 4.78 is 11.0. The Kier molecular flexibility index (Phi) is 7.43. The number of urea groups is 1. The third-order valence-corrected chi connectivity index (χ3v) is 6.80. The zero-order valence-electron chi connectivity index (χ0n) is 18.9. The number of hydrogen-bond acceptors (Lipinski definition) is 4. The topological polar surface area (TPSA) is 54.0 Å². The Labute approximate surface area is 195 Å². The Morgan fingerprint density at radius 1 is 1.03 bits per heavy atom. The molecule has 0 radical (unpaired) electrons. The SMILES string of the molecule is COc1ccc(OC)c(C2CCCN2C(=O)NC2CCN(Cc3ccc(Cl)cc3)CC2)c1. The quantitative estimate of drug-likeness (QED) is 0.672. The minimum Gasteiger partial charge on any atom is -0.497 e. The molecule has 2 fully saturated rings. The highest BCUT2D eigenvalue weighted by Crippen LogP contribution is 2.39. The van der Waals surface area contributed by atoms with Crippen molar-refractivity contribution in [3.8, 4) is 11.5 Å². The first-order valence-corrected chi connectivity index (χ1v) is 11.7. The van der Waals surface area contributed by atoms with Crippen LogP contribution >= 0.6 is 11.6 Å². The van der Waals surface area contributed by atoms with Gasteiger partial charge in [-0.3, -0.25) is 4.90 Å². The first kappa shape index (κ1) is 22.7. The standard InChI is InChI=1S/C25H32ClN3O3/c1-31-21-9-10-24(32-2)22(16-21)23-4-3-13-29(23)25(30)27-20-11-14-28(15-12-20)17-18-5-7-19(26)8-6-18/h5-10,16,20,23H,3-4,11-15,17H2,1-2H3,(H,27,30). The zero-order chi connectivity index (χ0) is 22.5. The highest BCUT2D eigenvalue weighted by molar-refractivity contribution is 6.30. The molecule has 2 aromatic carbocycles. The van der Waals surface area contributed by atoms with Crippen LogP contribution in [0, 0.1) is 0 Å². The van der Waals surface area contributed by atoms with Crippen molar-refractivity contribution in [1.82, 2.24) is 15.1 Å². The minimum atomic E-state index is 0.00467. The van der Waals surface area contributed by atoms with E-state index in [-0.39, 0.29) is 18.1 Å². The molecule has 32 heavy (non-hydrogen) atoms. The molecule has 0 aliphatic carbocycles. The summed E-state index contributed by atoms with van der Waals surface area (Å²) in [5, 5.41) is 4.06. The predicted molar refractivity (Wildman–Crippen MR) is 127 cm³/mol. The second-order valence-corrected chi connectivity index (χ2v) is 9.02. The van der Waals surface area contributed by atoms with Gasteiger partial charge >= 0.3 is 6.03 Å². The van der Waals surface area contributed by atoms with Gasteiger partial charge in [0.1, 0.15) is 11.5 Å². The molecule has 7 heteroatoms. The van der Waals surface area contributed by atoms with Crippen molar-refractivity contribution in [3.63, 3.8) is 0 Å². The number of piperidine rings is 1. The Balaban J connectivity index is 1.33. The number of amides is 2. The van der Waals surface area contributed by atoms with E-state index in [0.717, 1.165) is 73.9 Å². The van der Waals surface area contributed by atoms with E-state index in [1.54, 1.807) is 14.2 Å². The Bertz CT molecular complexity index is 913. The average molecular weight is 458 g/mol. The number of methoxy groups -OCH3 is 2. The summed E-state index contributed by atoms with van der Waals surface area (Å²) >= 11 is 5.99. The van der Waals surface area contributed by atoms with Gasteiger partial charge in [0.05, 0.1) is 20.3 Å². The van der Waals surface area contributed by atoms with Crippen LogP contribution in [-0.4, -0.2) is 55.7 Å². The van der Waals surface area contributed by atoms with Gasteiger partial charge in [0.25, 0.3) is 0 Å². The van der Waals surface area contributed by atoms with E-state index < -0.39 is 0 Å². The van der Waals surface area contributed by atoms with Crippen LogP contribution in [0.2, 0.25) is 5.02 Å². The Morgan fingerprint density at radius 2 is 1.78 bits per heavy atom. The van der Waals surface area contributed by atoms with Gasteiger partial charge in [-0.05, 0) is 61.6 Å². The van der Waals surface area contributed by atoms with Crippen LogP contribution in [0.15, 0.2) is 42.5 Å². The minimum absolute atomic E-state index is 0.00467.